The van der Waals surface area contributed by atoms with Gasteiger partial charge in [-0.3, -0.25) is 9.59 Å². The predicted octanol–water partition coefficient (Wildman–Crippen LogP) is 10.5. The van der Waals surface area contributed by atoms with E-state index in [0.717, 1.165) is 71.4 Å². The maximum atomic E-state index is 14.2. The Morgan fingerprint density at radius 2 is 0.881 bits per heavy atom. The summed E-state index contributed by atoms with van der Waals surface area (Å²) in [5.74, 6) is 0.961. The van der Waals surface area contributed by atoms with Gasteiger partial charge in [0.05, 0.1) is 11.0 Å². The van der Waals surface area contributed by atoms with Crippen LogP contribution in [0.4, 0.5) is 0 Å². The Balaban J connectivity index is 1.79. The molecule has 0 aliphatic heterocycles. The Morgan fingerprint density at radius 1 is 0.500 bits per heavy atom. The van der Waals surface area contributed by atoms with Crippen molar-refractivity contribution in [3.8, 4) is 0 Å². The molecule has 0 aliphatic rings. The van der Waals surface area contributed by atoms with Crippen molar-refractivity contribution in [2.75, 3.05) is 0 Å². The maximum Gasteiger partial charge on any atom is 0.259 e. The van der Waals surface area contributed by atoms with Gasteiger partial charge in [-0.1, -0.05) is 117 Å². The molecule has 2 unspecified atom stereocenters. The first-order chi connectivity index (χ1) is 20.5. The highest BCUT2D eigenvalue weighted by Gasteiger charge is 2.22. The molecule has 2 heterocycles. The minimum Gasteiger partial charge on any atom is -0.307 e. The van der Waals surface area contributed by atoms with Crippen LogP contribution in [0.3, 0.4) is 0 Å². The van der Waals surface area contributed by atoms with Crippen LogP contribution in [0.25, 0.3) is 32.6 Å². The third-order valence-electron chi connectivity index (χ3n) is 9.61. The van der Waals surface area contributed by atoms with Gasteiger partial charge in [-0.15, -0.1) is 0 Å². The number of hydrogen-bond donors (Lipinski definition) is 0. The lowest BCUT2D eigenvalue weighted by atomic mass is 9.93. The Hall–Kier alpha value is -2.62. The fourth-order valence-electron chi connectivity index (χ4n) is 7.16. The van der Waals surface area contributed by atoms with E-state index in [-0.39, 0.29) is 11.1 Å². The van der Waals surface area contributed by atoms with Crippen molar-refractivity contribution in [3.63, 3.8) is 0 Å². The first kappa shape index (κ1) is 32.3. The third-order valence-corrected chi connectivity index (χ3v) is 9.61. The molecule has 4 heteroatoms. The molecule has 4 rings (SSSR count). The van der Waals surface area contributed by atoms with Crippen molar-refractivity contribution in [2.45, 2.75) is 144 Å². The minimum atomic E-state index is 0.1000. The molecular weight excluding hydrogens is 516 g/mol. The zero-order valence-electron chi connectivity index (χ0n) is 27.1. The molecule has 230 valence electrons. The molecule has 0 amide bonds. The van der Waals surface area contributed by atoms with E-state index in [1.807, 2.05) is 33.4 Å². The van der Waals surface area contributed by atoms with E-state index < -0.39 is 0 Å². The van der Waals surface area contributed by atoms with E-state index in [9.17, 15) is 9.59 Å². The number of aromatic nitrogens is 2. The minimum absolute atomic E-state index is 0.1000. The highest BCUT2D eigenvalue weighted by Crippen LogP contribution is 2.33. The molecule has 42 heavy (non-hydrogen) atoms. The Morgan fingerprint density at radius 3 is 1.26 bits per heavy atom. The molecule has 0 fully saturated rings. The van der Waals surface area contributed by atoms with Gasteiger partial charge in [0.2, 0.25) is 0 Å². The Bertz CT molecular complexity index is 1380. The molecule has 2 aromatic heterocycles. The highest BCUT2D eigenvalue weighted by molar-refractivity contribution is 6.20. The van der Waals surface area contributed by atoms with Crippen molar-refractivity contribution in [2.24, 2.45) is 11.8 Å². The molecule has 4 aromatic rings. The number of pyridine rings is 2. The van der Waals surface area contributed by atoms with Gasteiger partial charge in [-0.05, 0) is 61.8 Å². The van der Waals surface area contributed by atoms with Crippen LogP contribution in [0.1, 0.15) is 130 Å². The van der Waals surface area contributed by atoms with Crippen LogP contribution in [0, 0.1) is 11.8 Å². The molecule has 2 atom stereocenters. The van der Waals surface area contributed by atoms with Gasteiger partial charge in [0, 0.05) is 34.6 Å². The van der Waals surface area contributed by atoms with Gasteiger partial charge in [0.1, 0.15) is 0 Å². The average molecular weight is 573 g/mol. The average Bonchev–Trinajstić information content (AvgIpc) is 3.01. The van der Waals surface area contributed by atoms with Crippen molar-refractivity contribution in [1.29, 1.82) is 0 Å². The highest BCUT2D eigenvalue weighted by atomic mass is 16.1. The SMILES string of the molecule is CCCCCCC(CCCC)Cn1c(=O)c2cccc3c2c2c(cccc21)c(=O)n3CC(CCCC)CCCCCC. The van der Waals surface area contributed by atoms with Gasteiger partial charge in [0.15, 0.2) is 0 Å². The molecule has 0 saturated carbocycles. The van der Waals surface area contributed by atoms with E-state index in [2.05, 4.69) is 39.8 Å². The number of rotatable bonds is 20. The summed E-state index contributed by atoms with van der Waals surface area (Å²) in [6.45, 7) is 10.5. The van der Waals surface area contributed by atoms with Gasteiger partial charge in [-0.2, -0.15) is 0 Å². The van der Waals surface area contributed by atoms with Crippen LogP contribution in [0.2, 0.25) is 0 Å². The fourth-order valence-corrected chi connectivity index (χ4v) is 7.16. The van der Waals surface area contributed by atoms with E-state index >= 15 is 0 Å². The summed E-state index contributed by atoms with van der Waals surface area (Å²) < 4.78 is 4.04. The summed E-state index contributed by atoms with van der Waals surface area (Å²) in [6.07, 6.45) is 19.4. The number of benzene rings is 2. The second-order valence-electron chi connectivity index (χ2n) is 12.9. The van der Waals surface area contributed by atoms with Crippen molar-refractivity contribution >= 4 is 32.6 Å². The van der Waals surface area contributed by atoms with E-state index in [1.54, 1.807) is 0 Å². The standard InChI is InChI=1S/C38H56N2O2/c1-5-9-13-15-21-29(19-11-7-3)27-39-33-25-17-24-32-35(33)36-31(37(39)41)23-18-26-34(36)40(38(32)42)28-30(20-12-8-4)22-16-14-10-6-2/h17-18,23-26,29-30H,5-16,19-22,27-28H2,1-4H3. The second-order valence-corrected chi connectivity index (χ2v) is 12.9. The summed E-state index contributed by atoms with van der Waals surface area (Å²) in [6, 6.07) is 12.1. The zero-order valence-corrected chi connectivity index (χ0v) is 27.1. The van der Waals surface area contributed by atoms with E-state index in [1.165, 1.54) is 77.0 Å². The molecule has 0 bridgehead atoms. The summed E-state index contributed by atoms with van der Waals surface area (Å²) in [5.41, 5.74) is 2.07. The number of unbranched alkanes of at least 4 members (excludes halogenated alkanes) is 8. The number of hydrogen-bond acceptors (Lipinski definition) is 2. The monoisotopic (exact) mass is 572 g/mol. The van der Waals surface area contributed by atoms with Crippen molar-refractivity contribution < 1.29 is 0 Å². The first-order valence-corrected chi connectivity index (χ1v) is 17.5. The third kappa shape index (κ3) is 7.47. The normalized spacial score (nSPS) is 13.5. The fraction of sp³-hybridized carbons (Fsp3) is 0.632. The molecule has 2 aromatic carbocycles. The van der Waals surface area contributed by atoms with Crippen LogP contribution in [0.5, 0.6) is 0 Å². The predicted molar refractivity (Wildman–Crippen MR) is 182 cm³/mol. The Labute approximate surface area is 253 Å². The van der Waals surface area contributed by atoms with E-state index in [4.69, 9.17) is 0 Å². The lowest BCUT2D eigenvalue weighted by Gasteiger charge is -2.24. The smallest absolute Gasteiger partial charge is 0.259 e. The van der Waals surface area contributed by atoms with Gasteiger partial charge in [-0.25, -0.2) is 0 Å². The van der Waals surface area contributed by atoms with Crippen LogP contribution < -0.4 is 11.1 Å². The van der Waals surface area contributed by atoms with Crippen molar-refractivity contribution in [1.82, 2.24) is 9.13 Å². The molecule has 0 saturated heterocycles. The van der Waals surface area contributed by atoms with Gasteiger partial charge < -0.3 is 9.13 Å². The van der Waals surface area contributed by atoms with Crippen LogP contribution >= 0.6 is 0 Å². The zero-order chi connectivity index (χ0) is 29.9. The summed E-state index contributed by atoms with van der Waals surface area (Å²) in [4.78, 5) is 28.5. The maximum absolute atomic E-state index is 14.2. The van der Waals surface area contributed by atoms with Gasteiger partial charge in [0.25, 0.3) is 11.1 Å². The molecule has 0 N–H and O–H groups in total. The quantitative estimate of drug-likeness (QED) is 0.0781. The molecular formula is C38H56N2O2. The van der Waals surface area contributed by atoms with E-state index in [0.29, 0.717) is 11.8 Å². The van der Waals surface area contributed by atoms with Crippen molar-refractivity contribution in [3.05, 3.63) is 57.1 Å². The topological polar surface area (TPSA) is 44.0 Å². The second kappa shape index (κ2) is 16.3. The molecule has 0 radical (unpaired) electrons. The lowest BCUT2D eigenvalue weighted by molar-refractivity contribution is 0.363. The summed E-state index contributed by atoms with van der Waals surface area (Å²) in [5, 5.41) is 3.49. The molecule has 4 nitrogen and oxygen atoms in total. The summed E-state index contributed by atoms with van der Waals surface area (Å²) >= 11 is 0. The lowest BCUT2D eigenvalue weighted by Crippen LogP contribution is -2.29. The summed E-state index contributed by atoms with van der Waals surface area (Å²) in [7, 11) is 0. The molecule has 0 aliphatic carbocycles. The van der Waals surface area contributed by atoms with Crippen LogP contribution in [-0.2, 0) is 13.1 Å². The van der Waals surface area contributed by atoms with Crippen LogP contribution in [-0.4, -0.2) is 9.13 Å². The molecule has 0 spiro atoms. The van der Waals surface area contributed by atoms with Crippen LogP contribution in [0.15, 0.2) is 46.0 Å². The number of nitrogens with zero attached hydrogens (tertiary/aromatic N) is 2. The largest absolute Gasteiger partial charge is 0.307 e. The first-order valence-electron chi connectivity index (χ1n) is 17.5. The Kier molecular flexibility index (Phi) is 12.5. The van der Waals surface area contributed by atoms with Gasteiger partial charge >= 0.3 is 0 Å².